The Hall–Kier alpha value is -6.14. The SMILES string of the molecule is CC(C)(O/N=C(\C(=O)N[C@@H]1C(=O)N2C(C(=O)O)=C(C[n+]3cnc(N)c(NCCCCNC(=O)C4=CC(=O)C(=O)CN4O)c3)CS[C@H]12)c1csc(N)n1)C(=O)O. The van der Waals surface area contributed by atoms with Gasteiger partial charge in [-0.3, -0.25) is 34.1 Å². The van der Waals surface area contributed by atoms with Crippen molar-refractivity contribution in [3.8, 4) is 0 Å². The third-order valence-electron chi connectivity index (χ3n) is 8.24. The van der Waals surface area contributed by atoms with Crippen molar-refractivity contribution in [3.63, 3.8) is 0 Å². The number of β-lactam (4-membered cyclic amide) rings is 1. The van der Waals surface area contributed by atoms with Crippen LogP contribution in [0.25, 0.3) is 0 Å². The number of rotatable bonds is 16. The maximum absolute atomic E-state index is 13.4. The minimum Gasteiger partial charge on any atom is -0.478 e. The van der Waals surface area contributed by atoms with Crippen LogP contribution >= 0.6 is 23.1 Å². The van der Waals surface area contributed by atoms with Crippen molar-refractivity contribution in [2.45, 2.75) is 50.3 Å². The second kappa shape index (κ2) is 16.5. The third kappa shape index (κ3) is 8.98. The van der Waals surface area contributed by atoms with Gasteiger partial charge in [0.15, 0.2) is 10.8 Å². The summed E-state index contributed by atoms with van der Waals surface area (Å²) >= 11 is 2.21. The normalized spacial score (nSPS) is 18.6. The number of carbonyl (C=O) groups is 7. The van der Waals surface area contributed by atoms with Crippen LogP contribution in [-0.4, -0.2) is 125 Å². The molecule has 292 valence electrons. The second-order valence-electron chi connectivity index (χ2n) is 12.6. The zero-order valence-corrected chi connectivity index (χ0v) is 30.8. The number of carboxylic acids is 2. The molecule has 55 heavy (non-hydrogen) atoms. The van der Waals surface area contributed by atoms with Gasteiger partial charge in [-0.2, -0.15) is 0 Å². The Kier molecular flexibility index (Phi) is 12.0. The largest absolute Gasteiger partial charge is 0.478 e. The number of fused-ring (bicyclic) bond motifs is 1. The van der Waals surface area contributed by atoms with Crippen LogP contribution in [0.4, 0.5) is 16.6 Å². The van der Waals surface area contributed by atoms with Gasteiger partial charge >= 0.3 is 11.9 Å². The number of carboxylic acid groups (broad SMARTS) is 2. The number of nitrogens with zero attached hydrogens (tertiary/aromatic N) is 6. The quantitative estimate of drug-likeness (QED) is 0.0228. The van der Waals surface area contributed by atoms with Crippen molar-refractivity contribution in [1.82, 2.24) is 30.6 Å². The Morgan fingerprint density at radius 2 is 1.87 bits per heavy atom. The van der Waals surface area contributed by atoms with Crippen molar-refractivity contribution < 1.29 is 58.4 Å². The average Bonchev–Trinajstić information content (AvgIpc) is 3.56. The van der Waals surface area contributed by atoms with E-state index in [1.165, 1.54) is 37.3 Å². The molecule has 2 aromatic heterocycles. The van der Waals surface area contributed by atoms with Crippen LogP contribution in [-0.2, 0) is 44.9 Å². The number of nitrogens with two attached hydrogens (primary N) is 2. The van der Waals surface area contributed by atoms with Gasteiger partial charge in [0, 0.05) is 35.9 Å². The minimum atomic E-state index is -1.81. The molecule has 2 aromatic rings. The molecule has 3 aliphatic heterocycles. The van der Waals surface area contributed by atoms with Gasteiger partial charge in [-0.25, -0.2) is 24.2 Å². The first-order chi connectivity index (χ1) is 26.0. The van der Waals surface area contributed by atoms with Crippen molar-refractivity contribution >= 4 is 86.7 Å². The van der Waals surface area contributed by atoms with E-state index in [-0.39, 0.29) is 46.9 Å². The van der Waals surface area contributed by atoms with Gasteiger partial charge in [-0.1, -0.05) is 5.16 Å². The highest BCUT2D eigenvalue weighted by Gasteiger charge is 2.54. The van der Waals surface area contributed by atoms with Crippen molar-refractivity contribution in [2.75, 3.05) is 42.2 Å². The minimum absolute atomic E-state index is 0.0193. The summed E-state index contributed by atoms with van der Waals surface area (Å²) in [7, 11) is 0. The summed E-state index contributed by atoms with van der Waals surface area (Å²) in [6.45, 7) is 2.47. The first-order valence-corrected chi connectivity index (χ1v) is 18.2. The number of hydroxylamine groups is 2. The molecule has 10 N–H and O–H groups in total. The van der Waals surface area contributed by atoms with Crippen LogP contribution in [0.5, 0.6) is 0 Å². The molecule has 0 bridgehead atoms. The number of hydrogen-bond donors (Lipinski definition) is 8. The highest BCUT2D eigenvalue weighted by molar-refractivity contribution is 8.00. The molecule has 5 heterocycles. The summed E-state index contributed by atoms with van der Waals surface area (Å²) in [5, 5.41) is 42.4. The second-order valence-corrected chi connectivity index (χ2v) is 14.6. The smallest absolute Gasteiger partial charge is 0.352 e. The molecule has 3 aliphatic rings. The number of thioether (sulfide) groups is 1. The molecular weight excluding hydrogens is 767 g/mol. The number of aromatic nitrogens is 3. The molecule has 2 atom stereocenters. The Bertz CT molecular complexity index is 2050. The zero-order valence-electron chi connectivity index (χ0n) is 29.2. The highest BCUT2D eigenvalue weighted by atomic mass is 32.2. The maximum Gasteiger partial charge on any atom is 0.352 e. The fraction of sp³-hybridized carbons (Fsp3) is 0.387. The molecule has 24 heteroatoms. The number of nitrogen functional groups attached to an aromatic ring is 2. The van der Waals surface area contributed by atoms with Crippen molar-refractivity contribution in [1.29, 1.82) is 0 Å². The van der Waals surface area contributed by atoms with Crippen LogP contribution in [0, 0.1) is 0 Å². The summed E-state index contributed by atoms with van der Waals surface area (Å²) in [4.78, 5) is 100. The fourth-order valence-corrected chi connectivity index (χ4v) is 7.14. The maximum atomic E-state index is 13.4. The number of anilines is 3. The van der Waals surface area contributed by atoms with E-state index in [0.717, 1.165) is 22.3 Å². The first-order valence-electron chi connectivity index (χ1n) is 16.3. The number of Topliss-reactive ketones (excluding diaryl/α,β-unsaturated/α-hetero) is 1. The number of ketones is 2. The molecule has 3 amide bonds. The highest BCUT2D eigenvalue weighted by Crippen LogP contribution is 2.40. The zero-order chi connectivity index (χ0) is 40.2. The van der Waals surface area contributed by atoms with E-state index in [1.807, 2.05) is 0 Å². The first kappa shape index (κ1) is 40.1. The predicted molar refractivity (Wildman–Crippen MR) is 192 cm³/mol. The van der Waals surface area contributed by atoms with Crippen LogP contribution < -0.4 is 32.0 Å². The Morgan fingerprint density at radius 3 is 2.55 bits per heavy atom. The predicted octanol–water partition coefficient (Wildman–Crippen LogP) is -1.95. The van der Waals surface area contributed by atoms with Gasteiger partial charge in [0.1, 0.15) is 53.5 Å². The number of amides is 3. The summed E-state index contributed by atoms with van der Waals surface area (Å²) in [5.41, 5.74) is 9.75. The van der Waals surface area contributed by atoms with E-state index in [1.54, 1.807) is 10.8 Å². The van der Waals surface area contributed by atoms with E-state index in [9.17, 15) is 49.0 Å². The topological polar surface area (TPSA) is 326 Å². The lowest BCUT2D eigenvalue weighted by Crippen LogP contribution is -2.71. The van der Waals surface area contributed by atoms with Gasteiger partial charge in [-0.05, 0) is 31.7 Å². The number of unbranched alkanes of at least 4 members (excludes halogenated alkanes) is 1. The summed E-state index contributed by atoms with van der Waals surface area (Å²) in [6.07, 6.45) is 4.85. The van der Waals surface area contributed by atoms with Crippen molar-refractivity contribution in [2.24, 2.45) is 5.16 Å². The van der Waals surface area contributed by atoms with Gasteiger partial charge in [0.05, 0.1) is 0 Å². The summed E-state index contributed by atoms with van der Waals surface area (Å²) in [6, 6.07) is -1.15. The van der Waals surface area contributed by atoms with Crippen LogP contribution in [0.2, 0.25) is 0 Å². The molecule has 5 rings (SSSR count). The third-order valence-corrected chi connectivity index (χ3v) is 10.3. The number of oxime groups is 1. The molecule has 0 spiro atoms. The number of thiazole rings is 1. The van der Waals surface area contributed by atoms with E-state index >= 15 is 0 Å². The monoisotopic (exact) mass is 802 g/mol. The molecule has 1 fully saturated rings. The molecular formula is C31H36N11O11S2+. The van der Waals surface area contributed by atoms with E-state index in [0.29, 0.717) is 35.7 Å². The van der Waals surface area contributed by atoms with Crippen LogP contribution in [0.1, 0.15) is 32.4 Å². The molecule has 1 saturated heterocycles. The Labute approximate surface area is 319 Å². The lowest BCUT2D eigenvalue weighted by molar-refractivity contribution is -0.691. The van der Waals surface area contributed by atoms with Crippen LogP contribution in [0.15, 0.2) is 46.1 Å². The number of aliphatic carboxylic acids is 2. The molecule has 0 unspecified atom stereocenters. The number of allylic oxidation sites excluding steroid dienone is 1. The lowest BCUT2D eigenvalue weighted by Gasteiger charge is -2.49. The average molecular weight is 803 g/mol. The lowest BCUT2D eigenvalue weighted by atomic mass is 10.0. The number of carbonyl (C=O) groups excluding carboxylic acids is 5. The Balaban J connectivity index is 1.19. The number of hydrogen-bond acceptors (Lipinski definition) is 18. The molecule has 22 nitrogen and oxygen atoms in total. The fourth-order valence-electron chi connectivity index (χ4n) is 5.26. The summed E-state index contributed by atoms with van der Waals surface area (Å²) in [5.74, 6) is -6.40. The van der Waals surface area contributed by atoms with E-state index in [4.69, 9.17) is 16.3 Å². The molecule has 0 aliphatic carbocycles. The van der Waals surface area contributed by atoms with E-state index in [2.05, 4.69) is 31.1 Å². The summed E-state index contributed by atoms with van der Waals surface area (Å²) < 4.78 is 1.59. The molecule has 0 aromatic carbocycles. The van der Waals surface area contributed by atoms with Crippen LogP contribution in [0.3, 0.4) is 0 Å². The molecule has 0 saturated carbocycles. The number of nitrogens with one attached hydrogen (secondary N) is 3. The van der Waals surface area contributed by atoms with Gasteiger partial charge < -0.3 is 42.5 Å². The van der Waals surface area contributed by atoms with Gasteiger partial charge in [-0.15, -0.1) is 23.1 Å². The molecule has 0 radical (unpaired) electrons. The Morgan fingerprint density at radius 1 is 1.15 bits per heavy atom. The van der Waals surface area contributed by atoms with Gasteiger partial charge in [0.2, 0.25) is 17.2 Å². The standard InChI is InChI=1S/C31H35N11O11S2/c1-31(2,29(50)51)53-39-20(16-12-55-30(33)37-16)25(46)38-21-26(47)42-22(28(48)49)14(11-54-27(21)42)8-40-9-15(23(32)36-13-40)34-5-3-4-6-35-24(45)17-7-18(43)19(44)10-41(17)52/h7,9,12-13,21,27,32,34,52H,3-6,8,10-11H2,1-2H3,(H6,33,35,37,38,45,46,48,49,50,51)/p+1/b39-20-/t21-,27-/m1/s1. The van der Waals surface area contributed by atoms with E-state index < -0.39 is 70.5 Å². The van der Waals surface area contributed by atoms with Gasteiger partial charge in [0.25, 0.3) is 29.9 Å². The van der Waals surface area contributed by atoms with Crippen molar-refractivity contribution in [3.05, 3.63) is 46.6 Å².